The Balaban J connectivity index is 1.74. The number of rotatable bonds is 4. The number of nitrogens with zero attached hydrogens (tertiary/aromatic N) is 2. The Bertz CT molecular complexity index is 850. The number of para-hydroxylation sites is 2. The molecule has 1 heterocycles. The molecule has 0 bridgehead atoms. The summed E-state index contributed by atoms with van der Waals surface area (Å²) in [5.74, 6) is 0.639. The molecule has 22 heavy (non-hydrogen) atoms. The van der Waals surface area contributed by atoms with E-state index in [2.05, 4.69) is 26.2 Å². The predicted octanol–water partition coefficient (Wildman–Crippen LogP) is 4.14. The zero-order chi connectivity index (χ0) is 15.5. The lowest BCUT2D eigenvalue weighted by atomic mass is 10.1. The van der Waals surface area contributed by atoms with Gasteiger partial charge >= 0.3 is 0 Å². The zero-order valence-electron chi connectivity index (χ0n) is 12.0. The summed E-state index contributed by atoms with van der Waals surface area (Å²) in [4.78, 5) is 16.5. The van der Waals surface area contributed by atoms with E-state index in [-0.39, 0.29) is 5.78 Å². The highest BCUT2D eigenvalue weighted by Crippen LogP contribution is 2.17. The maximum Gasteiger partial charge on any atom is 0.207 e. The van der Waals surface area contributed by atoms with Crippen LogP contribution in [0.5, 0.6) is 0 Å². The van der Waals surface area contributed by atoms with Gasteiger partial charge in [0.2, 0.25) is 5.95 Å². The van der Waals surface area contributed by atoms with E-state index >= 15 is 0 Å². The van der Waals surface area contributed by atoms with Gasteiger partial charge in [0.1, 0.15) is 0 Å². The van der Waals surface area contributed by atoms with Gasteiger partial charge in [-0.15, -0.1) is 0 Å². The van der Waals surface area contributed by atoms with Crippen molar-refractivity contribution in [2.75, 3.05) is 5.32 Å². The van der Waals surface area contributed by atoms with E-state index < -0.39 is 0 Å². The summed E-state index contributed by atoms with van der Waals surface area (Å²) < 4.78 is 2.90. The molecule has 2 aromatic carbocycles. The van der Waals surface area contributed by atoms with Crippen molar-refractivity contribution in [1.29, 1.82) is 0 Å². The number of imidazole rings is 1. The second kappa shape index (κ2) is 6.15. The predicted molar refractivity (Wildman–Crippen MR) is 91.9 cm³/mol. The highest BCUT2D eigenvalue weighted by molar-refractivity contribution is 9.10. The number of allylic oxidation sites excluding steroid dienone is 1. The number of halogens is 1. The summed E-state index contributed by atoms with van der Waals surface area (Å²) >= 11 is 3.35. The first-order chi connectivity index (χ1) is 10.6. The lowest BCUT2D eigenvalue weighted by Gasteiger charge is -2.01. The fraction of sp³-hybridized carbons (Fsp3) is 0.0588. The van der Waals surface area contributed by atoms with E-state index in [0.717, 1.165) is 15.5 Å². The highest BCUT2D eigenvalue weighted by atomic mass is 79.9. The molecule has 0 aliphatic carbocycles. The van der Waals surface area contributed by atoms with Gasteiger partial charge in [0.15, 0.2) is 5.78 Å². The molecular formula is C17H14BrN3O. The number of carbonyl (C=O) groups excluding carboxylic acids is 1. The minimum Gasteiger partial charge on any atom is -0.332 e. The number of benzene rings is 2. The number of hydrogen-bond acceptors (Lipinski definition) is 3. The molecule has 4 nitrogen and oxygen atoms in total. The van der Waals surface area contributed by atoms with Crippen LogP contribution in [0.3, 0.4) is 0 Å². The SMILES string of the molecule is Cn1c(NC=CC(=O)c2ccc(Br)cc2)nc2ccccc21. The Hall–Kier alpha value is -2.40. The third-order valence-electron chi connectivity index (χ3n) is 3.36. The van der Waals surface area contributed by atoms with Crippen molar-refractivity contribution in [3.8, 4) is 0 Å². The first-order valence-corrected chi connectivity index (χ1v) is 7.59. The molecule has 1 aromatic heterocycles. The molecule has 0 aliphatic rings. The molecular weight excluding hydrogens is 342 g/mol. The molecule has 0 radical (unpaired) electrons. The van der Waals surface area contributed by atoms with Gasteiger partial charge < -0.3 is 9.88 Å². The number of ketones is 1. The number of aryl methyl sites for hydroxylation is 1. The van der Waals surface area contributed by atoms with E-state index in [0.29, 0.717) is 11.5 Å². The van der Waals surface area contributed by atoms with E-state index in [1.165, 1.54) is 6.08 Å². The van der Waals surface area contributed by atoms with E-state index in [1.54, 1.807) is 18.3 Å². The number of aromatic nitrogens is 2. The van der Waals surface area contributed by atoms with Gasteiger partial charge in [-0.2, -0.15) is 0 Å². The van der Waals surface area contributed by atoms with Crippen LogP contribution in [-0.2, 0) is 7.05 Å². The van der Waals surface area contributed by atoms with Gasteiger partial charge in [-0.1, -0.05) is 28.1 Å². The summed E-state index contributed by atoms with van der Waals surface area (Å²) in [6, 6.07) is 15.1. The highest BCUT2D eigenvalue weighted by Gasteiger charge is 2.05. The Morgan fingerprint density at radius 1 is 1.18 bits per heavy atom. The molecule has 5 heteroatoms. The van der Waals surface area contributed by atoms with E-state index in [4.69, 9.17) is 0 Å². The normalized spacial score (nSPS) is 11.2. The standard InChI is InChI=1S/C17H14BrN3O/c1-21-15-5-3-2-4-14(15)20-17(21)19-11-10-16(22)12-6-8-13(18)9-7-12/h2-11H,1H3,(H,19,20). The van der Waals surface area contributed by atoms with Crippen LogP contribution in [0.4, 0.5) is 5.95 Å². The molecule has 0 spiro atoms. The fourth-order valence-electron chi connectivity index (χ4n) is 2.18. The first-order valence-electron chi connectivity index (χ1n) is 6.79. The minimum atomic E-state index is -0.0567. The third-order valence-corrected chi connectivity index (χ3v) is 3.89. The first kappa shape index (κ1) is 14.5. The topological polar surface area (TPSA) is 46.9 Å². The van der Waals surface area contributed by atoms with Crippen molar-refractivity contribution < 1.29 is 4.79 Å². The van der Waals surface area contributed by atoms with Crippen molar-refractivity contribution in [2.24, 2.45) is 7.05 Å². The average Bonchev–Trinajstić information content (AvgIpc) is 2.85. The van der Waals surface area contributed by atoms with Gasteiger partial charge in [0.05, 0.1) is 11.0 Å². The number of anilines is 1. The summed E-state index contributed by atoms with van der Waals surface area (Å²) in [6.45, 7) is 0. The van der Waals surface area contributed by atoms with Gasteiger partial charge in [0, 0.05) is 29.4 Å². The van der Waals surface area contributed by atoms with Crippen LogP contribution in [0, 0.1) is 0 Å². The Morgan fingerprint density at radius 2 is 1.91 bits per heavy atom. The summed E-state index contributed by atoms with van der Waals surface area (Å²) in [5.41, 5.74) is 2.60. The van der Waals surface area contributed by atoms with Crippen molar-refractivity contribution >= 4 is 38.7 Å². The molecule has 0 unspecified atom stereocenters. The molecule has 3 rings (SSSR count). The molecule has 0 saturated carbocycles. The lowest BCUT2D eigenvalue weighted by Crippen LogP contribution is -2.00. The van der Waals surface area contributed by atoms with Crippen LogP contribution >= 0.6 is 15.9 Å². The van der Waals surface area contributed by atoms with Crippen molar-refractivity contribution in [1.82, 2.24) is 9.55 Å². The maximum atomic E-state index is 12.0. The molecule has 0 fully saturated rings. The van der Waals surface area contributed by atoms with Gasteiger partial charge in [0.25, 0.3) is 0 Å². The van der Waals surface area contributed by atoms with Crippen molar-refractivity contribution in [3.05, 3.63) is 70.8 Å². The van der Waals surface area contributed by atoms with Crippen LogP contribution in [-0.4, -0.2) is 15.3 Å². The van der Waals surface area contributed by atoms with E-state index in [1.807, 2.05) is 48.0 Å². The molecule has 0 saturated heterocycles. The number of fused-ring (bicyclic) bond motifs is 1. The zero-order valence-corrected chi connectivity index (χ0v) is 13.5. The van der Waals surface area contributed by atoms with Gasteiger partial charge in [-0.25, -0.2) is 4.98 Å². The largest absolute Gasteiger partial charge is 0.332 e. The number of hydrogen-bond donors (Lipinski definition) is 1. The Labute approximate surface area is 136 Å². The molecule has 0 atom stereocenters. The molecule has 3 aromatic rings. The van der Waals surface area contributed by atoms with Crippen molar-refractivity contribution in [3.63, 3.8) is 0 Å². The van der Waals surface area contributed by atoms with Crippen LogP contribution in [0.2, 0.25) is 0 Å². The monoisotopic (exact) mass is 355 g/mol. The summed E-state index contributed by atoms with van der Waals surface area (Å²) in [7, 11) is 1.93. The quantitative estimate of drug-likeness (QED) is 0.565. The number of nitrogens with one attached hydrogen (secondary N) is 1. The third kappa shape index (κ3) is 2.94. The Morgan fingerprint density at radius 3 is 2.64 bits per heavy atom. The van der Waals surface area contributed by atoms with Gasteiger partial charge in [-0.05, 0) is 36.4 Å². The Kier molecular flexibility index (Phi) is 4.06. The van der Waals surface area contributed by atoms with Crippen LogP contribution in [0.25, 0.3) is 11.0 Å². The van der Waals surface area contributed by atoms with Crippen LogP contribution in [0.1, 0.15) is 10.4 Å². The van der Waals surface area contributed by atoms with E-state index in [9.17, 15) is 4.79 Å². The molecule has 0 aliphatic heterocycles. The van der Waals surface area contributed by atoms with Crippen LogP contribution in [0.15, 0.2) is 65.3 Å². The molecule has 110 valence electrons. The lowest BCUT2D eigenvalue weighted by molar-refractivity contribution is 0.104. The number of carbonyl (C=O) groups is 1. The molecule has 1 N–H and O–H groups in total. The second-order valence-electron chi connectivity index (χ2n) is 4.83. The average molecular weight is 356 g/mol. The summed E-state index contributed by atoms with van der Waals surface area (Å²) in [5, 5.41) is 3.06. The smallest absolute Gasteiger partial charge is 0.207 e. The van der Waals surface area contributed by atoms with Gasteiger partial charge in [-0.3, -0.25) is 4.79 Å². The molecule has 0 amide bonds. The fourth-order valence-corrected chi connectivity index (χ4v) is 2.44. The minimum absolute atomic E-state index is 0.0567. The summed E-state index contributed by atoms with van der Waals surface area (Å²) in [6.07, 6.45) is 3.12. The second-order valence-corrected chi connectivity index (χ2v) is 5.75. The maximum absolute atomic E-state index is 12.0. The van der Waals surface area contributed by atoms with Crippen molar-refractivity contribution in [2.45, 2.75) is 0 Å². The van der Waals surface area contributed by atoms with Crippen LogP contribution < -0.4 is 5.32 Å².